The molecule has 5 nitrogen and oxygen atoms in total. The fourth-order valence-electron chi connectivity index (χ4n) is 3.29. The number of esters is 2. The normalized spacial score (nSPS) is 33.4. The van der Waals surface area contributed by atoms with Gasteiger partial charge in [-0.2, -0.15) is 0 Å². The van der Waals surface area contributed by atoms with Gasteiger partial charge in [-0.25, -0.2) is 4.79 Å². The molecular formula is C16H19NO4. The van der Waals surface area contributed by atoms with Crippen LogP contribution in [0.5, 0.6) is 0 Å². The molecule has 5 heteroatoms. The summed E-state index contributed by atoms with van der Waals surface area (Å²) in [5.41, 5.74) is 0.395. The Morgan fingerprint density at radius 1 is 1.29 bits per heavy atom. The van der Waals surface area contributed by atoms with Crippen molar-refractivity contribution in [3.8, 4) is 0 Å². The molecular weight excluding hydrogens is 270 g/mol. The average Bonchev–Trinajstić information content (AvgIpc) is 2.88. The van der Waals surface area contributed by atoms with E-state index in [4.69, 9.17) is 8.85 Å². The topological polar surface area (TPSA) is 64.6 Å². The second-order valence-corrected chi connectivity index (χ2v) is 5.54. The summed E-state index contributed by atoms with van der Waals surface area (Å²) in [5.74, 6) is -2.18. The van der Waals surface area contributed by atoms with Crippen molar-refractivity contribution in [1.29, 1.82) is 0 Å². The predicted octanol–water partition coefficient (Wildman–Crippen LogP) is 1.53. The first-order valence-electron chi connectivity index (χ1n) is 8.58. The lowest BCUT2D eigenvalue weighted by molar-refractivity contribution is -0.152. The standard InChI is InChI=1S/C16H19NO4/c1-20-16(19)14-12-8-7-11(17-12)9-13(14)21-15(18)10-5-3-2-4-6-10/h2-6,11-14,17H,7-9H2,1H3/t11-,12+,13-,14+/m0/s1/i1D3. The van der Waals surface area contributed by atoms with Gasteiger partial charge in [0.2, 0.25) is 0 Å². The molecule has 0 radical (unpaired) electrons. The molecule has 0 aromatic heterocycles. The maximum Gasteiger partial charge on any atom is 0.338 e. The van der Waals surface area contributed by atoms with E-state index >= 15 is 0 Å². The molecule has 0 spiro atoms. The zero-order valence-corrected chi connectivity index (χ0v) is 11.5. The van der Waals surface area contributed by atoms with E-state index in [0.29, 0.717) is 12.0 Å². The largest absolute Gasteiger partial charge is 0.469 e. The van der Waals surface area contributed by atoms with Crippen LogP contribution < -0.4 is 5.32 Å². The quantitative estimate of drug-likeness (QED) is 0.856. The van der Waals surface area contributed by atoms with Gasteiger partial charge >= 0.3 is 11.9 Å². The smallest absolute Gasteiger partial charge is 0.338 e. The minimum absolute atomic E-state index is 0.167. The van der Waals surface area contributed by atoms with E-state index in [1.165, 1.54) is 0 Å². The Balaban J connectivity index is 1.76. The molecule has 1 aromatic carbocycles. The second-order valence-electron chi connectivity index (χ2n) is 5.54. The third kappa shape index (κ3) is 2.78. The lowest BCUT2D eigenvalue weighted by Gasteiger charge is -2.35. The molecule has 2 fully saturated rings. The van der Waals surface area contributed by atoms with Crippen LogP contribution in [0.15, 0.2) is 30.3 Å². The maximum atomic E-state index is 12.3. The number of ether oxygens (including phenoxy) is 2. The highest BCUT2D eigenvalue weighted by Gasteiger charge is 2.47. The number of hydrogen-bond acceptors (Lipinski definition) is 5. The van der Waals surface area contributed by atoms with Crippen molar-refractivity contribution in [2.75, 3.05) is 7.04 Å². The fraction of sp³-hybridized carbons (Fsp3) is 0.500. The minimum atomic E-state index is -2.81. The molecule has 0 aliphatic carbocycles. The molecule has 2 heterocycles. The summed E-state index contributed by atoms with van der Waals surface area (Å²) >= 11 is 0. The van der Waals surface area contributed by atoms with E-state index in [0.717, 1.165) is 12.8 Å². The lowest BCUT2D eigenvalue weighted by atomic mass is 9.89. The molecule has 2 aliphatic heterocycles. The van der Waals surface area contributed by atoms with Crippen LogP contribution in [-0.2, 0) is 14.3 Å². The van der Waals surface area contributed by atoms with E-state index in [-0.39, 0.29) is 12.1 Å². The van der Waals surface area contributed by atoms with Gasteiger partial charge in [0.1, 0.15) is 12.0 Å². The SMILES string of the molecule is [2H]C([2H])([2H])OC(=O)[C@H]1[C@@H](OC(=O)c2ccccc2)C[C@@H]2CC[C@H]1N2. The molecule has 4 atom stereocenters. The summed E-state index contributed by atoms with van der Waals surface area (Å²) in [6, 6.07) is 8.44. The number of carbonyl (C=O) groups is 2. The van der Waals surface area contributed by atoms with Gasteiger partial charge in [-0.15, -0.1) is 0 Å². The van der Waals surface area contributed by atoms with Crippen LogP contribution in [0.25, 0.3) is 0 Å². The number of fused-ring (bicyclic) bond motifs is 2. The van der Waals surface area contributed by atoms with E-state index in [9.17, 15) is 9.59 Å². The van der Waals surface area contributed by atoms with Crippen LogP contribution >= 0.6 is 0 Å². The summed E-state index contributed by atoms with van der Waals surface area (Å²) in [7, 11) is -2.81. The molecule has 2 saturated heterocycles. The Morgan fingerprint density at radius 2 is 2.10 bits per heavy atom. The van der Waals surface area contributed by atoms with Crippen molar-refractivity contribution in [2.24, 2.45) is 5.92 Å². The number of hydrogen-bond donors (Lipinski definition) is 1. The summed E-state index contributed by atoms with van der Waals surface area (Å²) in [6.07, 6.45) is 1.37. The first-order chi connectivity index (χ1) is 11.3. The van der Waals surface area contributed by atoms with Crippen LogP contribution in [-0.4, -0.2) is 37.2 Å². The van der Waals surface area contributed by atoms with Crippen molar-refractivity contribution in [3.63, 3.8) is 0 Å². The number of benzene rings is 1. The van der Waals surface area contributed by atoms with Crippen LogP contribution in [0.4, 0.5) is 0 Å². The highest BCUT2D eigenvalue weighted by Crippen LogP contribution is 2.34. The van der Waals surface area contributed by atoms with Crippen LogP contribution in [0.2, 0.25) is 0 Å². The fourth-order valence-corrected chi connectivity index (χ4v) is 3.29. The molecule has 3 rings (SSSR count). The Hall–Kier alpha value is -1.88. The van der Waals surface area contributed by atoms with Gasteiger partial charge in [0.15, 0.2) is 0 Å². The molecule has 112 valence electrons. The molecule has 1 aromatic rings. The summed E-state index contributed by atoms with van der Waals surface area (Å²) in [6.45, 7) is 0. The van der Waals surface area contributed by atoms with E-state index in [1.54, 1.807) is 30.3 Å². The number of piperidine rings is 1. The van der Waals surface area contributed by atoms with Crippen molar-refractivity contribution in [1.82, 2.24) is 5.32 Å². The Morgan fingerprint density at radius 3 is 2.86 bits per heavy atom. The summed E-state index contributed by atoms with van der Waals surface area (Å²) < 4.78 is 31.5. The number of nitrogens with one attached hydrogen (secondary N) is 1. The highest BCUT2D eigenvalue weighted by atomic mass is 16.6. The third-order valence-corrected chi connectivity index (χ3v) is 4.27. The molecule has 2 aliphatic rings. The zero-order chi connectivity index (χ0) is 17.3. The van der Waals surface area contributed by atoms with Gasteiger partial charge in [-0.05, 0) is 25.0 Å². The molecule has 0 unspecified atom stereocenters. The van der Waals surface area contributed by atoms with Gasteiger partial charge in [-0.3, -0.25) is 4.79 Å². The highest BCUT2D eigenvalue weighted by molar-refractivity contribution is 5.89. The molecule has 1 N–H and O–H groups in total. The molecule has 21 heavy (non-hydrogen) atoms. The minimum Gasteiger partial charge on any atom is -0.469 e. The van der Waals surface area contributed by atoms with Crippen LogP contribution in [0, 0.1) is 5.92 Å². The second kappa shape index (κ2) is 5.85. The monoisotopic (exact) mass is 292 g/mol. The van der Waals surface area contributed by atoms with Crippen molar-refractivity contribution in [2.45, 2.75) is 37.5 Å². The maximum absolute atomic E-state index is 12.3. The van der Waals surface area contributed by atoms with E-state index in [2.05, 4.69) is 10.1 Å². The van der Waals surface area contributed by atoms with E-state index in [1.807, 2.05) is 0 Å². The average molecular weight is 292 g/mol. The van der Waals surface area contributed by atoms with Gasteiger partial charge < -0.3 is 14.8 Å². The Bertz CT molecular complexity index is 619. The first kappa shape index (κ1) is 10.8. The Kier molecular flexibility index (Phi) is 3.01. The zero-order valence-electron chi connectivity index (χ0n) is 14.5. The summed E-state index contributed by atoms with van der Waals surface area (Å²) in [4.78, 5) is 24.6. The van der Waals surface area contributed by atoms with E-state index < -0.39 is 31.0 Å². The van der Waals surface area contributed by atoms with Gasteiger partial charge in [0.05, 0.1) is 16.7 Å². The van der Waals surface area contributed by atoms with Crippen molar-refractivity contribution in [3.05, 3.63) is 35.9 Å². The Labute approximate surface area is 127 Å². The van der Waals surface area contributed by atoms with Gasteiger partial charge in [0.25, 0.3) is 0 Å². The first-order valence-corrected chi connectivity index (χ1v) is 7.08. The predicted molar refractivity (Wildman–Crippen MR) is 75.7 cm³/mol. The van der Waals surface area contributed by atoms with Gasteiger partial charge in [-0.1, -0.05) is 18.2 Å². The van der Waals surface area contributed by atoms with Crippen molar-refractivity contribution >= 4 is 11.9 Å². The molecule has 0 amide bonds. The van der Waals surface area contributed by atoms with Crippen LogP contribution in [0.3, 0.4) is 0 Å². The number of carbonyl (C=O) groups excluding carboxylic acids is 2. The van der Waals surface area contributed by atoms with Crippen molar-refractivity contribution < 1.29 is 23.2 Å². The molecule has 2 bridgehead atoms. The summed E-state index contributed by atoms with van der Waals surface area (Å²) in [5, 5.41) is 3.27. The lowest BCUT2D eigenvalue weighted by Crippen LogP contribution is -2.53. The van der Waals surface area contributed by atoms with Crippen LogP contribution in [0.1, 0.15) is 33.7 Å². The number of rotatable bonds is 3. The van der Waals surface area contributed by atoms with Gasteiger partial charge in [0, 0.05) is 18.5 Å². The number of methoxy groups -OCH3 is 1. The molecule has 0 saturated carbocycles. The third-order valence-electron chi connectivity index (χ3n) is 4.27.